The summed E-state index contributed by atoms with van der Waals surface area (Å²) < 4.78 is 26.4. The van der Waals surface area contributed by atoms with Crippen LogP contribution in [-0.2, 0) is 16.6 Å². The van der Waals surface area contributed by atoms with Crippen molar-refractivity contribution >= 4 is 15.9 Å². The van der Waals surface area contributed by atoms with Crippen molar-refractivity contribution in [1.82, 2.24) is 15.0 Å². The van der Waals surface area contributed by atoms with Crippen molar-refractivity contribution in [2.24, 2.45) is 0 Å². The summed E-state index contributed by atoms with van der Waals surface area (Å²) in [5.41, 5.74) is 3.43. The summed E-state index contributed by atoms with van der Waals surface area (Å²) in [6.45, 7) is 4.13. The van der Waals surface area contributed by atoms with Gasteiger partial charge in [-0.05, 0) is 48.7 Å². The Morgan fingerprint density at radius 3 is 2.62 bits per heavy atom. The normalized spacial score (nSPS) is 11.2. The molecule has 0 spiro atoms. The number of pyridine rings is 1. The van der Waals surface area contributed by atoms with Crippen molar-refractivity contribution in [3.05, 3.63) is 65.0 Å². The van der Waals surface area contributed by atoms with Gasteiger partial charge in [-0.3, -0.25) is 9.78 Å². The van der Waals surface area contributed by atoms with E-state index in [0.29, 0.717) is 5.56 Å². The first-order valence-corrected chi connectivity index (χ1v) is 9.24. The van der Waals surface area contributed by atoms with Gasteiger partial charge in [-0.2, -0.15) is 0 Å². The summed E-state index contributed by atoms with van der Waals surface area (Å²) in [6.07, 6.45) is 3.23. The van der Waals surface area contributed by atoms with Crippen LogP contribution in [0.3, 0.4) is 0 Å². The van der Waals surface area contributed by atoms with E-state index in [-0.39, 0.29) is 24.7 Å². The lowest BCUT2D eigenvalue weighted by Crippen LogP contribution is -2.34. The van der Waals surface area contributed by atoms with Gasteiger partial charge in [-0.1, -0.05) is 12.1 Å². The predicted octanol–water partition coefficient (Wildman–Crippen LogP) is 1.55. The lowest BCUT2D eigenvalue weighted by atomic mass is 10.1. The number of rotatable bonds is 7. The minimum atomic E-state index is -3.47. The lowest BCUT2D eigenvalue weighted by molar-refractivity contribution is 0.0956. The van der Waals surface area contributed by atoms with Crippen molar-refractivity contribution < 1.29 is 13.2 Å². The summed E-state index contributed by atoms with van der Waals surface area (Å²) in [6, 6.07) is 8.92. The maximum absolute atomic E-state index is 12.0. The molecule has 2 rings (SSSR count). The predicted molar refractivity (Wildman–Crippen MR) is 93.1 cm³/mol. The number of hydrogen-bond donors (Lipinski definition) is 2. The van der Waals surface area contributed by atoms with E-state index >= 15 is 0 Å². The fraction of sp³-hybridized carbons (Fsp3) is 0.294. The van der Waals surface area contributed by atoms with Gasteiger partial charge in [-0.15, -0.1) is 0 Å². The summed E-state index contributed by atoms with van der Waals surface area (Å²) >= 11 is 0. The molecule has 0 atom stereocenters. The largest absolute Gasteiger partial charge is 0.351 e. The van der Waals surface area contributed by atoms with E-state index in [1.807, 2.05) is 19.9 Å². The Balaban J connectivity index is 1.81. The summed E-state index contributed by atoms with van der Waals surface area (Å²) in [5.74, 6) is -0.454. The highest BCUT2D eigenvalue weighted by molar-refractivity contribution is 7.89. The highest BCUT2D eigenvalue weighted by atomic mass is 32.2. The zero-order valence-electron chi connectivity index (χ0n) is 13.7. The summed E-state index contributed by atoms with van der Waals surface area (Å²) in [4.78, 5) is 16.0. The van der Waals surface area contributed by atoms with Crippen molar-refractivity contribution in [2.45, 2.75) is 20.4 Å². The van der Waals surface area contributed by atoms with Crippen LogP contribution in [0.25, 0.3) is 0 Å². The fourth-order valence-electron chi connectivity index (χ4n) is 2.05. The zero-order chi connectivity index (χ0) is 17.6. The molecule has 0 fully saturated rings. The quantitative estimate of drug-likeness (QED) is 0.795. The molecule has 0 aliphatic rings. The number of carbonyl (C=O) groups excluding carboxylic acids is 1. The number of benzene rings is 1. The second-order valence-corrected chi connectivity index (χ2v) is 7.48. The molecule has 0 aliphatic carbocycles. The molecule has 0 radical (unpaired) electrons. The molecule has 2 aromatic rings. The smallest absolute Gasteiger partial charge is 0.251 e. The molecule has 1 aromatic heterocycles. The summed E-state index contributed by atoms with van der Waals surface area (Å²) in [5, 5.41) is 2.63. The maximum Gasteiger partial charge on any atom is 0.251 e. The van der Waals surface area contributed by atoms with Gasteiger partial charge < -0.3 is 5.32 Å². The number of nitrogens with zero attached hydrogens (tertiary/aromatic N) is 1. The molecule has 2 N–H and O–H groups in total. The van der Waals surface area contributed by atoms with Crippen LogP contribution >= 0.6 is 0 Å². The van der Waals surface area contributed by atoms with Crippen LogP contribution in [0.4, 0.5) is 0 Å². The molecule has 1 amide bonds. The van der Waals surface area contributed by atoms with Gasteiger partial charge in [0.2, 0.25) is 10.0 Å². The number of carbonyl (C=O) groups is 1. The Hall–Kier alpha value is -2.25. The molecule has 1 heterocycles. The average Bonchev–Trinajstić information content (AvgIpc) is 2.56. The second-order valence-electron chi connectivity index (χ2n) is 5.56. The van der Waals surface area contributed by atoms with Gasteiger partial charge in [0.25, 0.3) is 5.91 Å². The molecule has 24 heavy (non-hydrogen) atoms. The van der Waals surface area contributed by atoms with Gasteiger partial charge in [0.15, 0.2) is 0 Å². The minimum absolute atomic E-state index is 0.0497. The Kier molecular flexibility index (Phi) is 6.05. The number of amides is 1. The van der Waals surface area contributed by atoms with E-state index in [4.69, 9.17) is 0 Å². The number of aromatic nitrogens is 1. The van der Waals surface area contributed by atoms with E-state index in [1.54, 1.807) is 36.7 Å². The average molecular weight is 347 g/mol. The van der Waals surface area contributed by atoms with Gasteiger partial charge >= 0.3 is 0 Å². The van der Waals surface area contributed by atoms with E-state index in [1.165, 1.54) is 0 Å². The van der Waals surface area contributed by atoms with E-state index in [9.17, 15) is 13.2 Å². The van der Waals surface area contributed by atoms with Crippen LogP contribution in [0.15, 0.2) is 42.7 Å². The van der Waals surface area contributed by atoms with Crippen LogP contribution in [0.5, 0.6) is 0 Å². The Labute approximate surface area is 142 Å². The van der Waals surface area contributed by atoms with Crippen molar-refractivity contribution in [3.8, 4) is 0 Å². The van der Waals surface area contributed by atoms with Gasteiger partial charge in [0, 0.05) is 31.0 Å². The monoisotopic (exact) mass is 347 g/mol. The molecular weight excluding hydrogens is 326 g/mol. The maximum atomic E-state index is 12.0. The van der Waals surface area contributed by atoms with Gasteiger partial charge in [-0.25, -0.2) is 13.1 Å². The molecule has 0 saturated heterocycles. The van der Waals surface area contributed by atoms with Crippen LogP contribution in [0, 0.1) is 13.8 Å². The third-order valence-electron chi connectivity index (χ3n) is 3.64. The first-order valence-electron chi connectivity index (χ1n) is 7.59. The second kappa shape index (κ2) is 8.03. The Morgan fingerprint density at radius 1 is 1.17 bits per heavy atom. The van der Waals surface area contributed by atoms with Crippen LogP contribution < -0.4 is 10.0 Å². The first kappa shape index (κ1) is 18.1. The molecule has 128 valence electrons. The number of nitrogens with one attached hydrogen (secondary N) is 2. The van der Waals surface area contributed by atoms with Crippen LogP contribution in [0.1, 0.15) is 27.0 Å². The first-order chi connectivity index (χ1) is 11.4. The topological polar surface area (TPSA) is 88.2 Å². The minimum Gasteiger partial charge on any atom is -0.351 e. The number of sulfonamides is 1. The molecule has 0 unspecified atom stereocenters. The molecule has 0 saturated carbocycles. The fourth-order valence-corrected chi connectivity index (χ4v) is 2.95. The molecule has 1 aromatic carbocycles. The van der Waals surface area contributed by atoms with Crippen LogP contribution in [-0.4, -0.2) is 31.6 Å². The van der Waals surface area contributed by atoms with Gasteiger partial charge in [0.05, 0.1) is 5.75 Å². The molecule has 0 bridgehead atoms. The molecule has 7 heteroatoms. The third kappa shape index (κ3) is 5.43. The Morgan fingerprint density at radius 2 is 1.96 bits per heavy atom. The molecular formula is C17H21N3O3S. The highest BCUT2D eigenvalue weighted by Gasteiger charge is 2.12. The molecule has 6 nitrogen and oxygen atoms in total. The number of hydrogen-bond acceptors (Lipinski definition) is 4. The number of aryl methyl sites for hydroxylation is 2. The molecule has 0 aliphatic heterocycles. The van der Waals surface area contributed by atoms with E-state index in [2.05, 4.69) is 15.0 Å². The van der Waals surface area contributed by atoms with E-state index < -0.39 is 10.0 Å². The summed E-state index contributed by atoms with van der Waals surface area (Å²) in [7, 11) is -3.47. The van der Waals surface area contributed by atoms with Crippen molar-refractivity contribution in [2.75, 3.05) is 12.3 Å². The standard InChI is InChI=1S/C17H21N3O3S/c1-13-5-6-16(10-14(13)2)17(21)19-8-9-24(22,23)20-12-15-4-3-7-18-11-15/h3-7,10-11,20H,8-9,12H2,1-2H3,(H,19,21). The van der Waals surface area contributed by atoms with Crippen LogP contribution in [0.2, 0.25) is 0 Å². The highest BCUT2D eigenvalue weighted by Crippen LogP contribution is 2.09. The van der Waals surface area contributed by atoms with E-state index in [0.717, 1.165) is 16.7 Å². The van der Waals surface area contributed by atoms with Crippen molar-refractivity contribution in [3.63, 3.8) is 0 Å². The Bertz CT molecular complexity index is 805. The lowest BCUT2D eigenvalue weighted by Gasteiger charge is -2.09. The third-order valence-corrected chi connectivity index (χ3v) is 4.97. The van der Waals surface area contributed by atoms with Gasteiger partial charge in [0.1, 0.15) is 0 Å². The van der Waals surface area contributed by atoms with Crippen molar-refractivity contribution in [1.29, 1.82) is 0 Å². The zero-order valence-corrected chi connectivity index (χ0v) is 14.6. The SMILES string of the molecule is Cc1ccc(C(=O)NCCS(=O)(=O)NCc2cccnc2)cc1C.